The van der Waals surface area contributed by atoms with E-state index in [-0.39, 0.29) is 18.4 Å². The summed E-state index contributed by atoms with van der Waals surface area (Å²) in [4.78, 5) is 34.6. The minimum absolute atomic E-state index is 0.0105. The number of nitrogens with zero attached hydrogens (tertiary/aromatic N) is 2. The van der Waals surface area contributed by atoms with Gasteiger partial charge in [0.2, 0.25) is 11.8 Å². The van der Waals surface area contributed by atoms with E-state index in [1.165, 1.54) is 0 Å². The number of carbonyl (C=O) groups excluding carboxylic acids is 2. The van der Waals surface area contributed by atoms with Crippen LogP contribution in [0.15, 0.2) is 78.9 Å². The topological polar surface area (TPSA) is 65.6 Å². The van der Waals surface area contributed by atoms with Crippen LogP contribution in [0.4, 0.5) is 0 Å². The third-order valence-corrected chi connectivity index (χ3v) is 7.29. The van der Waals surface area contributed by atoms with Crippen molar-refractivity contribution in [2.45, 2.75) is 24.9 Å². The van der Waals surface area contributed by atoms with Crippen LogP contribution >= 0.6 is 0 Å². The molecular formula is C29H27N3O3. The summed E-state index contributed by atoms with van der Waals surface area (Å²) < 4.78 is 5.69. The number of nitrogens with one attached hydrogen (secondary N) is 1. The fraction of sp³-hybridized carbons (Fsp3) is 0.241. The summed E-state index contributed by atoms with van der Waals surface area (Å²) in [7, 11) is 1.64. The highest BCUT2D eigenvalue weighted by atomic mass is 16.5. The van der Waals surface area contributed by atoms with E-state index < -0.39 is 12.1 Å². The van der Waals surface area contributed by atoms with E-state index in [9.17, 15) is 9.59 Å². The number of methoxy groups -OCH3 is 1. The second-order valence-corrected chi connectivity index (χ2v) is 9.22. The van der Waals surface area contributed by atoms with Crippen LogP contribution in [0, 0.1) is 0 Å². The molecule has 6 heteroatoms. The maximum atomic E-state index is 13.8. The van der Waals surface area contributed by atoms with Crippen LogP contribution in [0.1, 0.15) is 28.4 Å². The average molecular weight is 466 g/mol. The van der Waals surface area contributed by atoms with Crippen molar-refractivity contribution in [3.8, 4) is 5.75 Å². The van der Waals surface area contributed by atoms with Gasteiger partial charge in [-0.15, -0.1) is 0 Å². The van der Waals surface area contributed by atoms with Crippen LogP contribution in [0.3, 0.4) is 0 Å². The molecule has 2 aliphatic rings. The molecule has 0 aliphatic carbocycles. The Hall–Kier alpha value is -4.06. The number of ether oxygens (including phenoxy) is 1. The number of H-pyrrole nitrogens is 1. The van der Waals surface area contributed by atoms with Crippen LogP contribution in [0.5, 0.6) is 5.75 Å². The van der Waals surface area contributed by atoms with Crippen molar-refractivity contribution in [2.75, 3.05) is 20.2 Å². The van der Waals surface area contributed by atoms with E-state index in [1.54, 1.807) is 16.9 Å². The monoisotopic (exact) mass is 465 g/mol. The number of aromatic amines is 1. The predicted molar refractivity (Wildman–Crippen MR) is 134 cm³/mol. The number of fused-ring (bicyclic) bond motifs is 4. The SMILES string of the molecule is COc1ccccc1[C@H]1c2[nH]c3ccccc3c2C[C@H]2C(=O)N(CCc3ccccc3)CC(=O)N12. The number of rotatable bonds is 5. The van der Waals surface area contributed by atoms with Crippen molar-refractivity contribution in [3.05, 3.63) is 101 Å². The molecule has 2 aliphatic heterocycles. The van der Waals surface area contributed by atoms with Gasteiger partial charge >= 0.3 is 0 Å². The molecule has 6 nitrogen and oxygen atoms in total. The Labute approximate surface area is 204 Å². The molecule has 0 bridgehead atoms. The summed E-state index contributed by atoms with van der Waals surface area (Å²) in [6.45, 7) is 0.613. The molecule has 35 heavy (non-hydrogen) atoms. The van der Waals surface area contributed by atoms with Gasteiger partial charge in [-0.1, -0.05) is 66.7 Å². The van der Waals surface area contributed by atoms with Gasteiger partial charge in [0.1, 0.15) is 17.8 Å². The summed E-state index contributed by atoms with van der Waals surface area (Å²) >= 11 is 0. The van der Waals surface area contributed by atoms with E-state index in [0.717, 1.165) is 39.7 Å². The highest BCUT2D eigenvalue weighted by Gasteiger charge is 2.48. The molecule has 4 aromatic rings. The van der Waals surface area contributed by atoms with Gasteiger partial charge in [0.15, 0.2) is 0 Å². The molecule has 0 unspecified atom stereocenters. The molecule has 1 aromatic heterocycles. The second-order valence-electron chi connectivity index (χ2n) is 9.22. The molecule has 2 atom stereocenters. The van der Waals surface area contributed by atoms with Crippen LogP contribution in [0.25, 0.3) is 10.9 Å². The number of amides is 2. The van der Waals surface area contributed by atoms with E-state index in [4.69, 9.17) is 4.74 Å². The summed E-state index contributed by atoms with van der Waals surface area (Å²) in [6, 6.07) is 25.0. The molecule has 1 saturated heterocycles. The third kappa shape index (κ3) is 3.57. The smallest absolute Gasteiger partial charge is 0.246 e. The Morgan fingerprint density at radius 2 is 1.69 bits per heavy atom. The fourth-order valence-corrected chi connectivity index (χ4v) is 5.64. The Bertz CT molecular complexity index is 1410. The van der Waals surface area contributed by atoms with Crippen molar-refractivity contribution in [1.29, 1.82) is 0 Å². The van der Waals surface area contributed by atoms with Crippen molar-refractivity contribution in [3.63, 3.8) is 0 Å². The molecule has 176 valence electrons. The van der Waals surface area contributed by atoms with Crippen LogP contribution in [-0.2, 0) is 22.4 Å². The minimum atomic E-state index is -0.548. The lowest BCUT2D eigenvalue weighted by Crippen LogP contribution is -2.63. The molecule has 0 spiro atoms. The Morgan fingerprint density at radius 3 is 2.51 bits per heavy atom. The van der Waals surface area contributed by atoms with Gasteiger partial charge in [-0.25, -0.2) is 0 Å². The van der Waals surface area contributed by atoms with Gasteiger partial charge in [-0.3, -0.25) is 9.59 Å². The van der Waals surface area contributed by atoms with Crippen molar-refractivity contribution in [1.82, 2.24) is 14.8 Å². The molecular weight excluding hydrogens is 438 g/mol. The summed E-state index contributed by atoms with van der Waals surface area (Å²) in [6.07, 6.45) is 1.22. The standard InChI is InChI=1S/C29H27N3O3/c1-35-25-14-8-6-12-21(25)28-27-22(20-11-5-7-13-23(20)30-27)17-24-29(34)31(18-26(33)32(24)28)16-15-19-9-3-2-4-10-19/h2-14,24,28,30H,15-18H2,1H3/t24-,28-/m0/s1. The average Bonchev–Trinajstić information content (AvgIpc) is 3.28. The predicted octanol–water partition coefficient (Wildman–Crippen LogP) is 4.10. The number of carbonyl (C=O) groups is 2. The molecule has 3 aromatic carbocycles. The normalized spacial score (nSPS) is 19.6. The minimum Gasteiger partial charge on any atom is -0.496 e. The van der Waals surface area contributed by atoms with Gasteiger partial charge in [-0.2, -0.15) is 0 Å². The zero-order valence-corrected chi connectivity index (χ0v) is 19.6. The molecule has 0 saturated carbocycles. The van der Waals surface area contributed by atoms with Gasteiger partial charge in [0.25, 0.3) is 0 Å². The number of para-hydroxylation sites is 2. The largest absolute Gasteiger partial charge is 0.496 e. The number of piperazine rings is 1. The molecule has 0 radical (unpaired) electrons. The van der Waals surface area contributed by atoms with Crippen molar-refractivity contribution >= 4 is 22.7 Å². The number of hydrogen-bond acceptors (Lipinski definition) is 3. The molecule has 6 rings (SSSR count). The quantitative estimate of drug-likeness (QED) is 0.483. The first-order chi connectivity index (χ1) is 17.2. The lowest BCUT2D eigenvalue weighted by Gasteiger charge is -2.47. The van der Waals surface area contributed by atoms with Crippen molar-refractivity contribution < 1.29 is 14.3 Å². The van der Waals surface area contributed by atoms with Gasteiger partial charge < -0.3 is 19.5 Å². The fourth-order valence-electron chi connectivity index (χ4n) is 5.64. The summed E-state index contributed by atoms with van der Waals surface area (Å²) in [5.41, 5.74) is 5.11. The van der Waals surface area contributed by atoms with Crippen LogP contribution in [0.2, 0.25) is 0 Å². The zero-order valence-electron chi connectivity index (χ0n) is 19.6. The number of hydrogen-bond donors (Lipinski definition) is 1. The highest BCUT2D eigenvalue weighted by molar-refractivity contribution is 5.97. The lowest BCUT2D eigenvalue weighted by atomic mass is 9.86. The highest BCUT2D eigenvalue weighted by Crippen LogP contribution is 2.44. The van der Waals surface area contributed by atoms with Gasteiger partial charge in [0, 0.05) is 35.1 Å². The molecule has 2 amide bonds. The van der Waals surface area contributed by atoms with Crippen molar-refractivity contribution in [2.24, 2.45) is 0 Å². The Balaban J connectivity index is 1.43. The first-order valence-electron chi connectivity index (χ1n) is 12.0. The molecule has 1 N–H and O–H groups in total. The van der Waals surface area contributed by atoms with E-state index in [2.05, 4.69) is 23.2 Å². The maximum Gasteiger partial charge on any atom is 0.246 e. The lowest BCUT2D eigenvalue weighted by molar-refractivity contribution is -0.158. The first-order valence-corrected chi connectivity index (χ1v) is 12.0. The molecule has 1 fully saturated rings. The summed E-state index contributed by atoms with van der Waals surface area (Å²) in [5, 5.41) is 1.10. The number of aromatic nitrogens is 1. The second kappa shape index (κ2) is 8.62. The number of benzene rings is 3. The zero-order chi connectivity index (χ0) is 23.9. The first kappa shape index (κ1) is 21.5. The maximum absolute atomic E-state index is 13.8. The third-order valence-electron chi connectivity index (χ3n) is 7.29. The van der Waals surface area contributed by atoms with E-state index in [1.807, 2.05) is 60.7 Å². The van der Waals surface area contributed by atoms with Crippen LogP contribution < -0.4 is 4.74 Å². The van der Waals surface area contributed by atoms with E-state index >= 15 is 0 Å². The van der Waals surface area contributed by atoms with Gasteiger partial charge in [-0.05, 0) is 29.7 Å². The summed E-state index contributed by atoms with van der Waals surface area (Å²) in [5.74, 6) is 0.675. The van der Waals surface area contributed by atoms with E-state index in [0.29, 0.717) is 18.7 Å². The van der Waals surface area contributed by atoms with Crippen LogP contribution in [-0.4, -0.2) is 52.8 Å². The Kier molecular flexibility index (Phi) is 5.29. The molecule has 3 heterocycles. The van der Waals surface area contributed by atoms with Gasteiger partial charge in [0.05, 0.1) is 13.7 Å². The Morgan fingerprint density at radius 1 is 0.943 bits per heavy atom.